The Morgan fingerprint density at radius 3 is 2.08 bits per heavy atom. The minimum atomic E-state index is -4.76. The highest BCUT2D eigenvalue weighted by molar-refractivity contribution is 9.10. The summed E-state index contributed by atoms with van der Waals surface area (Å²) in [7, 11) is -4.54. The smallest absolute Gasteiger partial charge is 0.352 e. The molecular weight excluding hydrogens is 719 g/mol. The van der Waals surface area contributed by atoms with Crippen LogP contribution in [0.5, 0.6) is 0 Å². The van der Waals surface area contributed by atoms with Crippen molar-refractivity contribution in [2.24, 2.45) is 0 Å². The van der Waals surface area contributed by atoms with Crippen LogP contribution in [0.4, 0.5) is 18.9 Å². The van der Waals surface area contributed by atoms with Gasteiger partial charge in [0, 0.05) is 23.5 Å². The van der Waals surface area contributed by atoms with Gasteiger partial charge in [-0.15, -0.1) is 0 Å². The molecule has 49 heavy (non-hydrogen) atoms. The highest BCUT2D eigenvalue weighted by atomic mass is 79.9. The highest BCUT2D eigenvalue weighted by Crippen LogP contribution is 2.33. The van der Waals surface area contributed by atoms with Crippen molar-refractivity contribution in [1.29, 1.82) is 0 Å². The third-order valence-corrected chi connectivity index (χ3v) is 10.9. The predicted octanol–water partition coefficient (Wildman–Crippen LogP) is 7.75. The van der Waals surface area contributed by atoms with Gasteiger partial charge >= 0.3 is 6.18 Å². The molecule has 1 N–H and O–H groups in total. The lowest BCUT2D eigenvalue weighted by molar-refractivity contribution is -0.140. The molecule has 0 aromatic heterocycles. The minimum absolute atomic E-state index is 0.0521. The van der Waals surface area contributed by atoms with E-state index < -0.39 is 40.3 Å². The summed E-state index contributed by atoms with van der Waals surface area (Å²) in [5, 5.41) is 3.14. The van der Waals surface area contributed by atoms with Crippen LogP contribution in [0.15, 0.2) is 119 Å². The third kappa shape index (κ3) is 9.51. The number of rotatable bonds is 12. The number of anilines is 1. The first-order chi connectivity index (χ1) is 23.4. The van der Waals surface area contributed by atoms with Crippen LogP contribution in [0.3, 0.4) is 0 Å². The van der Waals surface area contributed by atoms with Gasteiger partial charge in [0.05, 0.1) is 16.1 Å². The number of benzene rings is 4. The second-order valence-corrected chi connectivity index (χ2v) is 14.8. The number of alkyl halides is 3. The number of hydrogen-bond donors (Lipinski definition) is 1. The van der Waals surface area contributed by atoms with Crippen LogP contribution >= 0.6 is 15.9 Å². The maximum Gasteiger partial charge on any atom is 0.416 e. The van der Waals surface area contributed by atoms with Crippen molar-refractivity contribution in [3.05, 3.63) is 130 Å². The molecule has 2 amide bonds. The lowest BCUT2D eigenvalue weighted by Crippen LogP contribution is -2.55. The quantitative estimate of drug-likeness (QED) is 0.160. The average molecular weight is 757 g/mol. The van der Waals surface area contributed by atoms with Crippen molar-refractivity contribution in [2.75, 3.05) is 10.8 Å². The van der Waals surface area contributed by atoms with Crippen LogP contribution in [-0.4, -0.2) is 43.8 Å². The summed E-state index contributed by atoms with van der Waals surface area (Å²) in [6.45, 7) is -0.902. The van der Waals surface area contributed by atoms with Crippen LogP contribution in [-0.2, 0) is 38.8 Å². The van der Waals surface area contributed by atoms with Gasteiger partial charge in [-0.25, -0.2) is 8.42 Å². The van der Waals surface area contributed by atoms with Gasteiger partial charge in [0.25, 0.3) is 10.0 Å². The summed E-state index contributed by atoms with van der Waals surface area (Å²) in [4.78, 5) is 29.9. The van der Waals surface area contributed by atoms with Crippen LogP contribution < -0.4 is 9.62 Å². The molecule has 1 saturated carbocycles. The molecular formula is C37H37BrF3N3O4S. The molecule has 0 aliphatic heterocycles. The molecule has 4 aromatic rings. The largest absolute Gasteiger partial charge is 0.416 e. The van der Waals surface area contributed by atoms with Gasteiger partial charge in [-0.2, -0.15) is 13.2 Å². The molecule has 1 fully saturated rings. The normalized spacial score (nSPS) is 14.5. The number of carbonyl (C=O) groups is 2. The molecule has 5 rings (SSSR count). The Labute approximate surface area is 293 Å². The molecule has 0 unspecified atom stereocenters. The third-order valence-electron chi connectivity index (χ3n) is 8.56. The molecule has 258 valence electrons. The van der Waals surface area contributed by atoms with Crippen LogP contribution in [0.25, 0.3) is 0 Å². The van der Waals surface area contributed by atoms with Crippen molar-refractivity contribution < 1.29 is 31.2 Å². The summed E-state index contributed by atoms with van der Waals surface area (Å²) in [5.41, 5.74) is 0.0660. The van der Waals surface area contributed by atoms with E-state index in [1.54, 1.807) is 30.3 Å². The Hall–Kier alpha value is -4.16. The SMILES string of the molecule is O=C(NC1CCCCC1)[C@@H](Cc1ccccc1)N(Cc1ccc(Br)cc1)C(=O)CN(c1cccc(C(F)(F)F)c1)S(=O)(=O)c1ccccc1. The fourth-order valence-corrected chi connectivity index (χ4v) is 7.66. The number of carbonyl (C=O) groups excluding carboxylic acids is 2. The summed E-state index contributed by atoms with van der Waals surface area (Å²) in [5.74, 6) is -1.13. The van der Waals surface area contributed by atoms with Crippen molar-refractivity contribution in [2.45, 2.75) is 68.2 Å². The number of nitrogens with zero attached hydrogens (tertiary/aromatic N) is 2. The molecule has 4 aromatic carbocycles. The Bertz CT molecular complexity index is 1820. The molecule has 1 atom stereocenters. The van der Waals surface area contributed by atoms with Gasteiger partial charge in [-0.1, -0.05) is 102 Å². The van der Waals surface area contributed by atoms with E-state index in [0.29, 0.717) is 15.9 Å². The van der Waals surface area contributed by atoms with Crippen LogP contribution in [0, 0.1) is 0 Å². The summed E-state index contributed by atoms with van der Waals surface area (Å²) >= 11 is 3.42. The highest BCUT2D eigenvalue weighted by Gasteiger charge is 2.37. The monoisotopic (exact) mass is 755 g/mol. The Morgan fingerprint density at radius 1 is 0.816 bits per heavy atom. The zero-order valence-electron chi connectivity index (χ0n) is 26.7. The zero-order valence-corrected chi connectivity index (χ0v) is 29.1. The standard InChI is InChI=1S/C37H37BrF3N3O4S/c38-30-21-19-28(20-22-30)25-43(34(23-27-11-4-1-5-12-27)36(46)42-31-14-6-2-7-15-31)35(45)26-44(49(47,48)33-17-8-3-9-18-33)32-16-10-13-29(24-32)37(39,40)41/h1,3-5,8-13,16-22,24,31,34H,2,6-7,14-15,23,25-26H2,(H,42,46)/t34-/m1/s1. The van der Waals surface area contributed by atoms with E-state index in [2.05, 4.69) is 21.2 Å². The predicted molar refractivity (Wildman–Crippen MR) is 186 cm³/mol. The fourth-order valence-electron chi connectivity index (χ4n) is 5.97. The lowest BCUT2D eigenvalue weighted by atomic mass is 9.94. The van der Waals surface area contributed by atoms with Gasteiger partial charge in [-0.3, -0.25) is 13.9 Å². The molecule has 12 heteroatoms. The molecule has 0 heterocycles. The van der Waals surface area contributed by atoms with E-state index in [0.717, 1.165) is 54.3 Å². The van der Waals surface area contributed by atoms with Gasteiger partial charge in [0.2, 0.25) is 11.8 Å². The van der Waals surface area contributed by atoms with Crippen molar-refractivity contribution in [3.63, 3.8) is 0 Å². The number of sulfonamides is 1. The van der Waals surface area contributed by atoms with E-state index in [9.17, 15) is 31.2 Å². The van der Waals surface area contributed by atoms with E-state index in [4.69, 9.17) is 0 Å². The first kappa shape index (κ1) is 36.1. The fraction of sp³-hybridized carbons (Fsp3) is 0.297. The topological polar surface area (TPSA) is 86.8 Å². The number of amides is 2. The van der Waals surface area contributed by atoms with Crippen molar-refractivity contribution in [1.82, 2.24) is 10.2 Å². The molecule has 0 bridgehead atoms. The molecule has 0 saturated heterocycles. The Morgan fingerprint density at radius 2 is 1.45 bits per heavy atom. The van der Waals surface area contributed by atoms with Gasteiger partial charge in [-0.05, 0) is 66.4 Å². The zero-order chi connectivity index (χ0) is 35.0. The first-order valence-corrected chi connectivity index (χ1v) is 18.3. The van der Waals surface area contributed by atoms with E-state index in [1.807, 2.05) is 30.3 Å². The number of halogens is 4. The average Bonchev–Trinajstić information content (AvgIpc) is 3.10. The Kier molecular flexibility index (Phi) is 11.8. The second-order valence-electron chi connectivity index (χ2n) is 12.1. The molecule has 1 aliphatic carbocycles. The second kappa shape index (κ2) is 16.0. The van der Waals surface area contributed by atoms with Gasteiger partial charge < -0.3 is 10.2 Å². The Balaban J connectivity index is 1.58. The molecule has 0 radical (unpaired) electrons. The van der Waals surface area contributed by atoms with Gasteiger partial charge in [0.1, 0.15) is 12.6 Å². The molecule has 7 nitrogen and oxygen atoms in total. The van der Waals surface area contributed by atoms with Gasteiger partial charge in [0.15, 0.2) is 0 Å². The summed E-state index contributed by atoms with van der Waals surface area (Å²) < 4.78 is 71.1. The maximum absolute atomic E-state index is 14.6. The molecule has 1 aliphatic rings. The summed E-state index contributed by atoms with van der Waals surface area (Å²) in [6.07, 6.45) is 0.0180. The number of hydrogen-bond acceptors (Lipinski definition) is 4. The van der Waals surface area contributed by atoms with E-state index >= 15 is 0 Å². The van der Waals surface area contributed by atoms with Crippen LogP contribution in [0.1, 0.15) is 48.8 Å². The first-order valence-electron chi connectivity index (χ1n) is 16.0. The number of nitrogens with one attached hydrogen (secondary N) is 1. The van der Waals surface area contributed by atoms with Crippen LogP contribution in [0.2, 0.25) is 0 Å². The van der Waals surface area contributed by atoms with E-state index in [-0.39, 0.29) is 35.5 Å². The minimum Gasteiger partial charge on any atom is -0.352 e. The van der Waals surface area contributed by atoms with Crippen molar-refractivity contribution >= 4 is 43.5 Å². The molecule has 0 spiro atoms. The van der Waals surface area contributed by atoms with Crippen molar-refractivity contribution in [3.8, 4) is 0 Å². The lowest BCUT2D eigenvalue weighted by Gasteiger charge is -2.35. The summed E-state index contributed by atoms with van der Waals surface area (Å²) in [6, 6.07) is 26.3. The van der Waals surface area contributed by atoms with E-state index in [1.165, 1.54) is 35.2 Å². The maximum atomic E-state index is 14.6.